The first-order chi connectivity index (χ1) is 16.8. The van der Waals surface area contributed by atoms with Crippen LogP contribution in [0.2, 0.25) is 15.1 Å². The topological polar surface area (TPSA) is 71.5 Å². The van der Waals surface area contributed by atoms with Crippen molar-refractivity contribution in [1.82, 2.24) is 10.3 Å². The van der Waals surface area contributed by atoms with Crippen molar-refractivity contribution in [3.05, 3.63) is 80.4 Å². The lowest BCUT2D eigenvalue weighted by atomic mass is 10.2. The van der Waals surface area contributed by atoms with E-state index in [4.69, 9.17) is 39.5 Å². The number of urea groups is 1. The molecule has 1 heterocycles. The first-order valence-corrected chi connectivity index (χ1v) is 10.9. The Bertz CT molecular complexity index is 1290. The molecule has 0 radical (unpaired) electrons. The van der Waals surface area contributed by atoms with Crippen LogP contribution in [0.3, 0.4) is 0 Å². The predicted octanol–water partition coefficient (Wildman–Crippen LogP) is 7.51. The second-order valence-corrected chi connectivity index (χ2v) is 8.17. The first-order valence-electron chi connectivity index (χ1n) is 9.80. The van der Waals surface area contributed by atoms with Gasteiger partial charge in [0, 0.05) is 18.4 Å². The fourth-order valence-electron chi connectivity index (χ4n) is 2.94. The molecule has 36 heavy (non-hydrogen) atoms. The number of nitrogens with zero attached hydrogens (tertiary/aromatic N) is 2. The van der Waals surface area contributed by atoms with E-state index in [0.29, 0.717) is 12.3 Å². The summed E-state index contributed by atoms with van der Waals surface area (Å²) in [4.78, 5) is 29.4. The van der Waals surface area contributed by atoms with Gasteiger partial charge in [0.2, 0.25) is 5.88 Å². The van der Waals surface area contributed by atoms with Crippen LogP contribution in [0, 0.1) is 11.6 Å². The Morgan fingerprint density at radius 2 is 1.61 bits per heavy atom. The number of halogens is 8. The number of anilines is 1. The molecule has 3 amide bonds. The van der Waals surface area contributed by atoms with Gasteiger partial charge in [0.1, 0.15) is 22.2 Å². The van der Waals surface area contributed by atoms with Crippen molar-refractivity contribution in [1.29, 1.82) is 0 Å². The zero-order chi connectivity index (χ0) is 26.8. The molecule has 0 saturated carbocycles. The van der Waals surface area contributed by atoms with E-state index in [-0.39, 0.29) is 28.0 Å². The first kappa shape index (κ1) is 27.4. The molecule has 0 aliphatic rings. The molecule has 0 aliphatic heterocycles. The SMILES string of the molecule is CCN(C(=O)NC(=O)c1c(F)cccc1F)c1cc(Cl)c(Oc2ncc(C(F)(F)F)cc2Cl)c(Cl)c1. The molecule has 3 rings (SSSR count). The van der Waals surface area contributed by atoms with Crippen molar-refractivity contribution in [2.45, 2.75) is 13.1 Å². The van der Waals surface area contributed by atoms with Gasteiger partial charge in [-0.1, -0.05) is 40.9 Å². The number of hydrogen-bond donors (Lipinski definition) is 1. The molecule has 0 atom stereocenters. The quantitative estimate of drug-likeness (QED) is 0.324. The van der Waals surface area contributed by atoms with Gasteiger partial charge in [-0.25, -0.2) is 18.6 Å². The van der Waals surface area contributed by atoms with Crippen molar-refractivity contribution >= 4 is 52.4 Å². The van der Waals surface area contributed by atoms with Crippen LogP contribution >= 0.6 is 34.8 Å². The van der Waals surface area contributed by atoms with E-state index in [1.807, 2.05) is 5.32 Å². The van der Waals surface area contributed by atoms with Gasteiger partial charge in [-0.2, -0.15) is 13.2 Å². The summed E-state index contributed by atoms with van der Waals surface area (Å²) >= 11 is 18.2. The summed E-state index contributed by atoms with van der Waals surface area (Å²) in [7, 11) is 0. The third-order valence-corrected chi connectivity index (χ3v) is 5.43. The maximum atomic E-state index is 13.9. The van der Waals surface area contributed by atoms with E-state index >= 15 is 0 Å². The van der Waals surface area contributed by atoms with E-state index in [1.54, 1.807) is 0 Å². The molecular weight excluding hydrogens is 556 g/mol. The number of imide groups is 1. The van der Waals surface area contributed by atoms with Crippen LogP contribution in [-0.4, -0.2) is 23.5 Å². The monoisotopic (exact) mass is 567 g/mol. The number of rotatable bonds is 5. The minimum absolute atomic E-state index is 0.0297. The summed E-state index contributed by atoms with van der Waals surface area (Å²) in [6.07, 6.45) is -4.16. The fourth-order valence-corrected chi connectivity index (χ4v) is 3.69. The minimum Gasteiger partial charge on any atom is -0.434 e. The van der Waals surface area contributed by atoms with Crippen LogP contribution in [0.25, 0.3) is 0 Å². The normalized spacial score (nSPS) is 11.2. The van der Waals surface area contributed by atoms with Gasteiger partial charge in [0.15, 0.2) is 5.75 Å². The molecule has 0 aliphatic carbocycles. The smallest absolute Gasteiger partial charge is 0.417 e. The second-order valence-electron chi connectivity index (χ2n) is 6.95. The maximum Gasteiger partial charge on any atom is 0.417 e. The molecule has 0 spiro atoms. The van der Waals surface area contributed by atoms with Crippen LogP contribution in [-0.2, 0) is 6.18 Å². The predicted molar refractivity (Wildman–Crippen MR) is 123 cm³/mol. The number of benzene rings is 2. The summed E-state index contributed by atoms with van der Waals surface area (Å²) in [5, 5.41) is 1.04. The van der Waals surface area contributed by atoms with E-state index in [1.165, 1.54) is 19.1 Å². The molecule has 2 aromatic carbocycles. The van der Waals surface area contributed by atoms with Gasteiger partial charge in [-0.3, -0.25) is 15.0 Å². The number of ether oxygens (including phenoxy) is 1. The summed E-state index contributed by atoms with van der Waals surface area (Å²) in [6, 6.07) is 4.75. The van der Waals surface area contributed by atoms with E-state index in [0.717, 1.165) is 23.1 Å². The van der Waals surface area contributed by atoms with Gasteiger partial charge >= 0.3 is 12.2 Å². The second kappa shape index (κ2) is 10.9. The highest BCUT2D eigenvalue weighted by Gasteiger charge is 2.32. The van der Waals surface area contributed by atoms with Crippen molar-refractivity contribution in [3.63, 3.8) is 0 Å². The number of aromatic nitrogens is 1. The maximum absolute atomic E-state index is 13.9. The minimum atomic E-state index is -4.67. The molecule has 190 valence electrons. The Labute approximate surface area is 215 Å². The standard InChI is InChI=1S/C22H13Cl3F5N3O3/c1-2-33(21(35)32-19(34)17-15(26)4-3-5-16(17)27)11-7-12(23)18(13(24)8-11)36-20-14(25)6-10(9-31-20)22(28,29)30/h3-9H,2H2,1H3,(H,32,34,35). The molecule has 0 unspecified atom stereocenters. The molecule has 3 aromatic rings. The average Bonchev–Trinajstić information content (AvgIpc) is 2.76. The molecule has 6 nitrogen and oxygen atoms in total. The number of hydrogen-bond acceptors (Lipinski definition) is 4. The largest absolute Gasteiger partial charge is 0.434 e. The van der Waals surface area contributed by atoms with E-state index in [9.17, 15) is 31.5 Å². The molecule has 0 fully saturated rings. The van der Waals surface area contributed by atoms with Crippen LogP contribution in [0.4, 0.5) is 32.4 Å². The zero-order valence-corrected chi connectivity index (χ0v) is 20.2. The van der Waals surface area contributed by atoms with Crippen molar-refractivity contribution in [2.75, 3.05) is 11.4 Å². The molecule has 0 bridgehead atoms. The lowest BCUT2D eigenvalue weighted by Gasteiger charge is -2.22. The Balaban J connectivity index is 1.84. The Kier molecular flexibility index (Phi) is 8.27. The molecule has 14 heteroatoms. The summed E-state index contributed by atoms with van der Waals surface area (Å²) in [5.74, 6) is -4.27. The highest BCUT2D eigenvalue weighted by molar-refractivity contribution is 6.38. The summed E-state index contributed by atoms with van der Waals surface area (Å²) < 4.78 is 71.5. The van der Waals surface area contributed by atoms with E-state index in [2.05, 4.69) is 4.98 Å². The molecule has 0 saturated heterocycles. The lowest BCUT2D eigenvalue weighted by molar-refractivity contribution is -0.137. The highest BCUT2D eigenvalue weighted by Crippen LogP contribution is 2.41. The van der Waals surface area contributed by atoms with Crippen LogP contribution in [0.5, 0.6) is 11.6 Å². The Hall–Kier alpha value is -3.15. The van der Waals surface area contributed by atoms with Crippen molar-refractivity contribution in [2.24, 2.45) is 0 Å². The number of amides is 3. The Morgan fingerprint density at radius 3 is 2.11 bits per heavy atom. The van der Waals surface area contributed by atoms with Gasteiger partial charge in [0.05, 0.1) is 15.6 Å². The molecule has 1 N–H and O–H groups in total. The zero-order valence-electron chi connectivity index (χ0n) is 17.9. The fraction of sp³-hybridized carbons (Fsp3) is 0.136. The average molecular weight is 569 g/mol. The van der Waals surface area contributed by atoms with Gasteiger partial charge in [-0.15, -0.1) is 0 Å². The highest BCUT2D eigenvalue weighted by atomic mass is 35.5. The number of carbonyl (C=O) groups excluding carboxylic acids is 2. The number of pyridine rings is 1. The van der Waals surface area contributed by atoms with Crippen molar-refractivity contribution in [3.8, 4) is 11.6 Å². The number of nitrogens with one attached hydrogen (secondary N) is 1. The van der Waals surface area contributed by atoms with Gasteiger partial charge < -0.3 is 4.74 Å². The molecule has 1 aromatic heterocycles. The lowest BCUT2D eigenvalue weighted by Crippen LogP contribution is -2.43. The Morgan fingerprint density at radius 1 is 1.03 bits per heavy atom. The summed E-state index contributed by atoms with van der Waals surface area (Å²) in [6.45, 7) is 1.50. The number of alkyl halides is 3. The third kappa shape index (κ3) is 5.97. The van der Waals surface area contributed by atoms with Crippen LogP contribution < -0.4 is 15.0 Å². The van der Waals surface area contributed by atoms with Gasteiger partial charge in [-0.05, 0) is 37.3 Å². The number of carbonyl (C=O) groups is 2. The van der Waals surface area contributed by atoms with Crippen LogP contribution in [0.15, 0.2) is 42.6 Å². The van der Waals surface area contributed by atoms with Crippen LogP contribution in [0.1, 0.15) is 22.8 Å². The van der Waals surface area contributed by atoms with Gasteiger partial charge in [0.25, 0.3) is 5.91 Å². The summed E-state index contributed by atoms with van der Waals surface area (Å²) in [5.41, 5.74) is -1.98. The third-order valence-electron chi connectivity index (χ3n) is 4.60. The molecular formula is C22H13Cl3F5N3O3. The van der Waals surface area contributed by atoms with E-state index < -0.39 is 51.8 Å². The van der Waals surface area contributed by atoms with Crippen molar-refractivity contribution < 1.29 is 36.3 Å².